The first-order valence-electron chi connectivity index (χ1n) is 16.4. The summed E-state index contributed by atoms with van der Waals surface area (Å²) in [6.45, 7) is 0. The molecule has 0 aliphatic rings. The van der Waals surface area contributed by atoms with Gasteiger partial charge in [-0.3, -0.25) is 0 Å². The van der Waals surface area contributed by atoms with Gasteiger partial charge in [0.25, 0.3) is 0 Å². The molecule has 0 fully saturated rings. The lowest BCUT2D eigenvalue weighted by Gasteiger charge is -2.28. The Kier molecular flexibility index (Phi) is 6.84. The minimum atomic E-state index is 0.864. The predicted molar refractivity (Wildman–Crippen MR) is 202 cm³/mol. The lowest BCUT2D eigenvalue weighted by Crippen LogP contribution is -2.11. The summed E-state index contributed by atoms with van der Waals surface area (Å²) in [4.78, 5) is 2.36. The number of anilines is 3. The second kappa shape index (κ2) is 11.8. The molecule has 2 nitrogen and oxygen atoms in total. The topological polar surface area (TPSA) is 16.4 Å². The van der Waals surface area contributed by atoms with Crippen LogP contribution in [-0.4, -0.2) is 0 Å². The zero-order chi connectivity index (χ0) is 31.9. The largest absolute Gasteiger partial charge is 0.454 e. The van der Waals surface area contributed by atoms with Crippen LogP contribution in [0.15, 0.2) is 192 Å². The fraction of sp³-hybridized carbons (Fsp3) is 0. The summed E-state index contributed by atoms with van der Waals surface area (Å²) >= 11 is 0. The number of benzene rings is 8. The van der Waals surface area contributed by atoms with Crippen molar-refractivity contribution in [3.8, 4) is 33.4 Å². The average Bonchev–Trinajstić information content (AvgIpc) is 3.55. The molecule has 8 aromatic carbocycles. The third-order valence-corrected chi connectivity index (χ3v) is 9.28. The molecule has 0 saturated heterocycles. The van der Waals surface area contributed by atoms with E-state index in [1.165, 1.54) is 27.5 Å². The van der Waals surface area contributed by atoms with Gasteiger partial charge < -0.3 is 9.32 Å². The lowest BCUT2D eigenvalue weighted by molar-refractivity contribution is 0.669. The molecular weight excluding hydrogens is 583 g/mol. The van der Waals surface area contributed by atoms with Crippen molar-refractivity contribution in [2.24, 2.45) is 0 Å². The van der Waals surface area contributed by atoms with E-state index >= 15 is 0 Å². The molecule has 2 heteroatoms. The van der Waals surface area contributed by atoms with Gasteiger partial charge in [-0.25, -0.2) is 0 Å². The molecule has 48 heavy (non-hydrogen) atoms. The highest BCUT2D eigenvalue weighted by Gasteiger charge is 2.22. The number of furan rings is 1. The second-order valence-electron chi connectivity index (χ2n) is 12.1. The smallest absolute Gasteiger partial charge is 0.159 e. The highest BCUT2D eigenvalue weighted by molar-refractivity contribution is 6.11. The molecule has 9 aromatic rings. The third-order valence-electron chi connectivity index (χ3n) is 9.28. The molecule has 0 saturated carbocycles. The van der Waals surface area contributed by atoms with E-state index in [9.17, 15) is 0 Å². The van der Waals surface area contributed by atoms with Crippen molar-refractivity contribution in [3.63, 3.8) is 0 Å². The van der Waals surface area contributed by atoms with Gasteiger partial charge in [-0.1, -0.05) is 158 Å². The summed E-state index contributed by atoms with van der Waals surface area (Å²) in [5.74, 6) is 0. The molecular formula is C46H31NO. The zero-order valence-corrected chi connectivity index (χ0v) is 26.3. The van der Waals surface area contributed by atoms with Gasteiger partial charge in [-0.05, 0) is 68.9 Å². The van der Waals surface area contributed by atoms with Crippen molar-refractivity contribution in [1.82, 2.24) is 0 Å². The second-order valence-corrected chi connectivity index (χ2v) is 12.1. The maximum atomic E-state index is 6.65. The monoisotopic (exact) mass is 613 g/mol. The van der Waals surface area contributed by atoms with Crippen LogP contribution in [0.2, 0.25) is 0 Å². The summed E-state index contributed by atoms with van der Waals surface area (Å²) < 4.78 is 6.65. The molecule has 1 aromatic heterocycles. The van der Waals surface area contributed by atoms with Crippen LogP contribution in [0.5, 0.6) is 0 Å². The molecule has 0 atom stereocenters. The summed E-state index contributed by atoms with van der Waals surface area (Å²) in [6, 6.07) is 66.9. The van der Waals surface area contributed by atoms with Gasteiger partial charge in [0, 0.05) is 22.0 Å². The van der Waals surface area contributed by atoms with Crippen LogP contribution in [0.4, 0.5) is 17.1 Å². The zero-order valence-electron chi connectivity index (χ0n) is 26.3. The molecule has 0 N–H and O–H groups in total. The fourth-order valence-electron chi connectivity index (χ4n) is 6.99. The van der Waals surface area contributed by atoms with Gasteiger partial charge in [-0.15, -0.1) is 0 Å². The molecule has 0 amide bonds. The standard InChI is InChI=1S/C46H31NO/c1-2-13-32(14-3-1)33-27-29-35(30-28-33)40-20-6-8-24-43(40)47(44-25-12-23-42-41-21-7-9-26-45(41)48-46(42)44)37-18-10-17-36(31-37)39-22-11-16-34-15-4-5-19-38(34)39/h1-31H. The predicted octanol–water partition coefficient (Wildman–Crippen LogP) is 13.2. The summed E-state index contributed by atoms with van der Waals surface area (Å²) in [7, 11) is 0. The summed E-state index contributed by atoms with van der Waals surface area (Å²) in [6.07, 6.45) is 0. The van der Waals surface area contributed by atoms with Crippen molar-refractivity contribution in [2.45, 2.75) is 0 Å². The Labute approximate surface area is 279 Å². The Hall–Kier alpha value is -6.38. The SMILES string of the molecule is c1ccc(-c2ccc(-c3ccccc3N(c3cccc(-c4cccc5ccccc45)c3)c3cccc4c3oc3ccccc34)cc2)cc1. The van der Waals surface area contributed by atoms with E-state index in [0.29, 0.717) is 0 Å². The molecule has 0 bridgehead atoms. The minimum absolute atomic E-state index is 0.864. The number of rotatable bonds is 6. The Morgan fingerprint density at radius 2 is 0.938 bits per heavy atom. The van der Waals surface area contributed by atoms with E-state index in [2.05, 4.69) is 181 Å². The number of fused-ring (bicyclic) bond motifs is 4. The van der Waals surface area contributed by atoms with Crippen molar-refractivity contribution in [3.05, 3.63) is 188 Å². The summed E-state index contributed by atoms with van der Waals surface area (Å²) in [5.41, 5.74) is 11.9. The van der Waals surface area contributed by atoms with Crippen LogP contribution in [-0.2, 0) is 0 Å². The Balaban J connectivity index is 1.26. The first-order chi connectivity index (χ1) is 23.8. The molecule has 0 radical (unpaired) electrons. The van der Waals surface area contributed by atoms with Gasteiger partial charge in [0.1, 0.15) is 5.58 Å². The van der Waals surface area contributed by atoms with Crippen molar-refractivity contribution in [1.29, 1.82) is 0 Å². The molecule has 1 heterocycles. The van der Waals surface area contributed by atoms with Crippen LogP contribution < -0.4 is 4.90 Å². The van der Waals surface area contributed by atoms with E-state index in [1.54, 1.807) is 0 Å². The number of nitrogens with zero attached hydrogens (tertiary/aromatic N) is 1. The Morgan fingerprint density at radius 3 is 1.83 bits per heavy atom. The van der Waals surface area contributed by atoms with Gasteiger partial charge in [-0.2, -0.15) is 0 Å². The average molecular weight is 614 g/mol. The van der Waals surface area contributed by atoms with Crippen LogP contribution in [0, 0.1) is 0 Å². The Morgan fingerprint density at radius 1 is 0.354 bits per heavy atom. The van der Waals surface area contributed by atoms with Crippen LogP contribution in [0.25, 0.3) is 66.1 Å². The first kappa shape index (κ1) is 27.9. The maximum Gasteiger partial charge on any atom is 0.159 e. The van der Waals surface area contributed by atoms with E-state index in [-0.39, 0.29) is 0 Å². The number of hydrogen-bond donors (Lipinski definition) is 0. The van der Waals surface area contributed by atoms with Gasteiger partial charge in [0.15, 0.2) is 5.58 Å². The van der Waals surface area contributed by atoms with Crippen molar-refractivity contribution < 1.29 is 4.42 Å². The maximum absolute atomic E-state index is 6.65. The van der Waals surface area contributed by atoms with Crippen molar-refractivity contribution >= 4 is 49.8 Å². The van der Waals surface area contributed by atoms with Crippen LogP contribution in [0.3, 0.4) is 0 Å². The molecule has 0 unspecified atom stereocenters. The normalized spacial score (nSPS) is 11.3. The van der Waals surface area contributed by atoms with E-state index in [0.717, 1.165) is 55.7 Å². The Bertz CT molecular complexity index is 2560. The quantitative estimate of drug-likeness (QED) is 0.185. The third kappa shape index (κ3) is 4.83. The van der Waals surface area contributed by atoms with Gasteiger partial charge in [0.2, 0.25) is 0 Å². The molecule has 0 aliphatic carbocycles. The molecule has 0 spiro atoms. The first-order valence-corrected chi connectivity index (χ1v) is 16.4. The minimum Gasteiger partial charge on any atom is -0.454 e. The van der Waals surface area contributed by atoms with E-state index in [4.69, 9.17) is 4.42 Å². The fourth-order valence-corrected chi connectivity index (χ4v) is 6.99. The van der Waals surface area contributed by atoms with Crippen LogP contribution >= 0.6 is 0 Å². The van der Waals surface area contributed by atoms with Gasteiger partial charge >= 0.3 is 0 Å². The number of para-hydroxylation sites is 3. The molecule has 0 aliphatic heterocycles. The lowest BCUT2D eigenvalue weighted by atomic mass is 9.96. The molecule has 226 valence electrons. The van der Waals surface area contributed by atoms with Gasteiger partial charge in [0.05, 0.1) is 11.4 Å². The van der Waals surface area contributed by atoms with Crippen LogP contribution in [0.1, 0.15) is 0 Å². The van der Waals surface area contributed by atoms with E-state index in [1.807, 2.05) is 12.1 Å². The number of hydrogen-bond acceptors (Lipinski definition) is 2. The van der Waals surface area contributed by atoms with Crippen molar-refractivity contribution in [2.75, 3.05) is 4.90 Å². The summed E-state index contributed by atoms with van der Waals surface area (Å²) in [5, 5.41) is 4.68. The highest BCUT2D eigenvalue weighted by atomic mass is 16.3. The van der Waals surface area contributed by atoms with E-state index < -0.39 is 0 Å². The highest BCUT2D eigenvalue weighted by Crippen LogP contribution is 2.46. The molecule has 9 rings (SSSR count).